The van der Waals surface area contributed by atoms with Gasteiger partial charge in [0, 0.05) is 19.4 Å². The highest BCUT2D eigenvalue weighted by Crippen LogP contribution is 2.45. The van der Waals surface area contributed by atoms with Gasteiger partial charge in [-0.05, 0) is 60.7 Å². The van der Waals surface area contributed by atoms with Gasteiger partial charge >= 0.3 is 12.1 Å². The van der Waals surface area contributed by atoms with E-state index >= 15 is 0 Å². The van der Waals surface area contributed by atoms with Crippen LogP contribution in [0.3, 0.4) is 0 Å². The van der Waals surface area contributed by atoms with Gasteiger partial charge in [0.2, 0.25) is 0 Å². The molecule has 0 aromatic rings. The molecule has 0 aromatic carbocycles. The predicted octanol–water partition coefficient (Wildman–Crippen LogP) is 5.99. The van der Waals surface area contributed by atoms with Gasteiger partial charge in [-0.15, -0.1) is 0 Å². The number of carbonyl (C=O) groups is 2. The van der Waals surface area contributed by atoms with Gasteiger partial charge in [-0.3, -0.25) is 4.79 Å². The summed E-state index contributed by atoms with van der Waals surface area (Å²) in [5, 5.41) is 2.71. The molecule has 6 nitrogen and oxygen atoms in total. The van der Waals surface area contributed by atoms with Gasteiger partial charge in [0.25, 0.3) is 0 Å². The lowest BCUT2D eigenvalue weighted by Crippen LogP contribution is -2.47. The standard InChI is InChI=1S/C27H45NO5Si/c1-17-13-19-10-9-18(2)22(25(19)23(14-17)32-26(30)28-6)12-11-20-15-21(16-24(29)31-20)33-34(7,8)27(3,4)5/h9-10,13,17-18,20-23,25H,11-12,14-16H2,1-8H3,(H,28,30)/t17-,18-,20+,21+,22-,23-,25-/m0/s1. The summed E-state index contributed by atoms with van der Waals surface area (Å²) in [6, 6.07) is 0. The number of hydrogen-bond acceptors (Lipinski definition) is 5. The second-order valence-electron chi connectivity index (χ2n) is 12.1. The van der Waals surface area contributed by atoms with Crippen LogP contribution in [0.4, 0.5) is 4.79 Å². The first kappa shape index (κ1) is 27.0. The summed E-state index contributed by atoms with van der Waals surface area (Å²) in [5.41, 5.74) is 1.27. The molecule has 1 amide bonds. The lowest BCUT2D eigenvalue weighted by molar-refractivity contribution is -0.160. The van der Waals surface area contributed by atoms with Crippen molar-refractivity contribution in [1.29, 1.82) is 0 Å². The van der Waals surface area contributed by atoms with E-state index in [4.69, 9.17) is 13.9 Å². The Hall–Kier alpha value is -1.60. The Morgan fingerprint density at radius 3 is 2.56 bits per heavy atom. The Morgan fingerprint density at radius 1 is 1.21 bits per heavy atom. The molecule has 192 valence electrons. The third kappa shape index (κ3) is 6.33. The van der Waals surface area contributed by atoms with Crippen molar-refractivity contribution < 1.29 is 23.5 Å². The number of carbonyl (C=O) groups excluding carboxylic acids is 2. The fraction of sp³-hybridized carbons (Fsp3) is 0.778. The molecule has 3 rings (SSSR count). The summed E-state index contributed by atoms with van der Waals surface area (Å²) in [7, 11) is -0.352. The summed E-state index contributed by atoms with van der Waals surface area (Å²) in [5.74, 6) is 1.09. The van der Waals surface area contributed by atoms with Crippen molar-refractivity contribution in [3.05, 3.63) is 23.8 Å². The number of nitrogens with one attached hydrogen (secondary N) is 1. The maximum Gasteiger partial charge on any atom is 0.407 e. The molecule has 0 radical (unpaired) electrons. The zero-order valence-electron chi connectivity index (χ0n) is 22.4. The summed E-state index contributed by atoms with van der Waals surface area (Å²) < 4.78 is 18.2. The first-order valence-electron chi connectivity index (χ1n) is 13.0. The molecule has 0 saturated carbocycles. The number of ether oxygens (including phenoxy) is 2. The zero-order valence-corrected chi connectivity index (χ0v) is 23.4. The van der Waals surface area contributed by atoms with Crippen LogP contribution in [0.5, 0.6) is 0 Å². The third-order valence-corrected chi connectivity index (χ3v) is 12.9. The second-order valence-corrected chi connectivity index (χ2v) is 16.9. The van der Waals surface area contributed by atoms with E-state index in [1.54, 1.807) is 7.05 Å². The molecule has 1 saturated heterocycles. The van der Waals surface area contributed by atoms with Crippen LogP contribution in [0.2, 0.25) is 18.1 Å². The molecular weight excluding hydrogens is 446 g/mol. The van der Waals surface area contributed by atoms with Crippen molar-refractivity contribution in [1.82, 2.24) is 5.32 Å². The van der Waals surface area contributed by atoms with Crippen LogP contribution in [-0.2, 0) is 18.7 Å². The number of alkyl carbamates (subject to hydrolysis) is 1. The second kappa shape index (κ2) is 10.6. The number of cyclic esters (lactones) is 1. The largest absolute Gasteiger partial charge is 0.462 e. The van der Waals surface area contributed by atoms with E-state index in [1.807, 2.05) is 0 Å². The predicted molar refractivity (Wildman–Crippen MR) is 137 cm³/mol. The van der Waals surface area contributed by atoms with E-state index in [2.05, 4.69) is 71.3 Å². The Balaban J connectivity index is 1.70. The van der Waals surface area contributed by atoms with Gasteiger partial charge in [0.1, 0.15) is 12.2 Å². The van der Waals surface area contributed by atoms with Crippen molar-refractivity contribution in [2.45, 2.75) is 103 Å². The van der Waals surface area contributed by atoms with Crippen LogP contribution in [0.1, 0.15) is 66.7 Å². The molecule has 3 aliphatic rings. The monoisotopic (exact) mass is 491 g/mol. The summed E-state index contributed by atoms with van der Waals surface area (Å²) in [4.78, 5) is 24.5. The van der Waals surface area contributed by atoms with Gasteiger partial charge in [0.15, 0.2) is 8.32 Å². The molecule has 1 fully saturated rings. The quantitative estimate of drug-likeness (QED) is 0.365. The van der Waals surface area contributed by atoms with Crippen molar-refractivity contribution >= 4 is 20.4 Å². The smallest absolute Gasteiger partial charge is 0.407 e. The number of allylic oxidation sites excluding steroid dienone is 3. The molecule has 0 unspecified atom stereocenters. The average molecular weight is 492 g/mol. The highest BCUT2D eigenvalue weighted by atomic mass is 28.4. The number of esters is 1. The lowest BCUT2D eigenvalue weighted by Gasteiger charge is -2.44. The van der Waals surface area contributed by atoms with Crippen LogP contribution < -0.4 is 5.32 Å². The Bertz CT molecular complexity index is 814. The minimum Gasteiger partial charge on any atom is -0.462 e. The number of rotatable bonds is 6. The van der Waals surface area contributed by atoms with Crippen molar-refractivity contribution in [2.24, 2.45) is 23.7 Å². The van der Waals surface area contributed by atoms with E-state index in [0.717, 1.165) is 25.7 Å². The van der Waals surface area contributed by atoms with Crippen LogP contribution in [0, 0.1) is 23.7 Å². The van der Waals surface area contributed by atoms with E-state index in [1.165, 1.54) is 5.57 Å². The highest BCUT2D eigenvalue weighted by molar-refractivity contribution is 6.74. The Labute approximate surface area is 207 Å². The molecule has 1 aliphatic heterocycles. The fourth-order valence-corrected chi connectivity index (χ4v) is 6.87. The molecular formula is C27H45NO5Si. The van der Waals surface area contributed by atoms with Gasteiger partial charge in [-0.25, -0.2) is 4.79 Å². The van der Waals surface area contributed by atoms with Crippen molar-refractivity contribution in [3.63, 3.8) is 0 Å². The molecule has 1 heterocycles. The van der Waals surface area contributed by atoms with E-state index in [-0.39, 0.29) is 41.3 Å². The minimum atomic E-state index is -1.95. The molecule has 7 atom stereocenters. The van der Waals surface area contributed by atoms with Crippen molar-refractivity contribution in [2.75, 3.05) is 7.05 Å². The molecule has 0 aromatic heterocycles. The van der Waals surface area contributed by atoms with E-state index < -0.39 is 8.32 Å². The molecule has 2 aliphatic carbocycles. The van der Waals surface area contributed by atoms with E-state index in [9.17, 15) is 9.59 Å². The highest BCUT2D eigenvalue weighted by Gasteiger charge is 2.44. The van der Waals surface area contributed by atoms with Crippen LogP contribution in [-0.4, -0.2) is 45.7 Å². The fourth-order valence-electron chi connectivity index (χ4n) is 5.50. The molecule has 34 heavy (non-hydrogen) atoms. The van der Waals surface area contributed by atoms with E-state index in [0.29, 0.717) is 24.2 Å². The minimum absolute atomic E-state index is 0.0638. The van der Waals surface area contributed by atoms with Crippen LogP contribution >= 0.6 is 0 Å². The molecule has 0 spiro atoms. The van der Waals surface area contributed by atoms with Gasteiger partial charge in [-0.1, -0.05) is 52.8 Å². The normalized spacial score (nSPS) is 34.1. The molecule has 1 N–H and O–H groups in total. The third-order valence-electron chi connectivity index (χ3n) is 8.37. The lowest BCUT2D eigenvalue weighted by atomic mass is 9.65. The Morgan fingerprint density at radius 2 is 1.91 bits per heavy atom. The van der Waals surface area contributed by atoms with Crippen LogP contribution in [0.15, 0.2) is 23.8 Å². The Kier molecular flexibility index (Phi) is 8.39. The number of fused-ring (bicyclic) bond motifs is 1. The van der Waals surface area contributed by atoms with Gasteiger partial charge < -0.3 is 19.2 Å². The maximum atomic E-state index is 12.4. The first-order chi connectivity index (χ1) is 15.8. The van der Waals surface area contributed by atoms with Crippen LogP contribution in [0.25, 0.3) is 0 Å². The number of hydrogen-bond donors (Lipinski definition) is 1. The first-order valence-corrected chi connectivity index (χ1v) is 15.9. The summed E-state index contributed by atoms with van der Waals surface area (Å²) >= 11 is 0. The van der Waals surface area contributed by atoms with Gasteiger partial charge in [0.05, 0.1) is 12.5 Å². The zero-order chi connectivity index (χ0) is 25.3. The SMILES string of the molecule is CNC(=O)O[C@H]1C[C@@H](C)C=C2C=C[C@H](C)[C@H](CC[C@@H]3C[C@@H](O[Si](C)(C)C(C)(C)C)CC(=O)O3)[C@H]21. The maximum absolute atomic E-state index is 12.4. The topological polar surface area (TPSA) is 73.9 Å². The van der Waals surface area contributed by atoms with Crippen molar-refractivity contribution in [3.8, 4) is 0 Å². The molecule has 7 heteroatoms. The van der Waals surface area contributed by atoms with Gasteiger partial charge in [-0.2, -0.15) is 0 Å². The summed E-state index contributed by atoms with van der Waals surface area (Å²) in [6.07, 6.45) is 9.78. The summed E-state index contributed by atoms with van der Waals surface area (Å²) in [6.45, 7) is 15.6. The number of amides is 1. The molecule has 0 bridgehead atoms. The average Bonchev–Trinajstić information content (AvgIpc) is 2.71.